The van der Waals surface area contributed by atoms with Crippen molar-refractivity contribution in [1.29, 1.82) is 0 Å². The van der Waals surface area contributed by atoms with Gasteiger partial charge in [-0.3, -0.25) is 0 Å². The summed E-state index contributed by atoms with van der Waals surface area (Å²) in [6.45, 7) is 2.01. The van der Waals surface area contributed by atoms with E-state index in [1.807, 2.05) is 13.0 Å². The first kappa shape index (κ1) is 10.1. The Balaban J connectivity index is 2.96. The molecule has 1 unspecified atom stereocenters. The van der Waals surface area contributed by atoms with Crippen LogP contribution in [0.25, 0.3) is 0 Å². The molecule has 1 heterocycles. The summed E-state index contributed by atoms with van der Waals surface area (Å²) in [6.07, 6.45) is 4.23. The average molecular weight is 225 g/mol. The molecular weight excluding hydrogens is 216 g/mol. The van der Waals surface area contributed by atoms with E-state index in [0.29, 0.717) is 15.4 Å². The number of hydrogen-bond donors (Lipinski definition) is 0. The van der Waals surface area contributed by atoms with Crippen molar-refractivity contribution in [3.63, 3.8) is 0 Å². The fourth-order valence-electron chi connectivity index (χ4n) is 0.823. The van der Waals surface area contributed by atoms with Crippen LogP contribution in [-0.4, -0.2) is 5.17 Å². The monoisotopic (exact) mass is 223 g/mol. The molecule has 1 atom stereocenters. The van der Waals surface area contributed by atoms with E-state index in [1.54, 1.807) is 6.08 Å². The quantitative estimate of drug-likeness (QED) is 0.554. The van der Waals surface area contributed by atoms with Crippen LogP contribution >= 0.6 is 34.8 Å². The van der Waals surface area contributed by atoms with Crippen molar-refractivity contribution in [1.82, 2.24) is 0 Å². The van der Waals surface area contributed by atoms with Gasteiger partial charge in [0.25, 0.3) is 0 Å². The molecule has 0 aromatic carbocycles. The zero-order chi connectivity index (χ0) is 9.14. The lowest BCUT2D eigenvalue weighted by molar-refractivity contribution is 0.727. The summed E-state index contributed by atoms with van der Waals surface area (Å²) in [5.74, 6) is 0.254. The van der Waals surface area contributed by atoms with E-state index in [4.69, 9.17) is 34.8 Å². The summed E-state index contributed by atoms with van der Waals surface area (Å²) in [5, 5.41) is 1.46. The Labute approximate surface area is 86.7 Å². The minimum Gasteiger partial charge on any atom is -0.225 e. The highest BCUT2D eigenvalue weighted by Crippen LogP contribution is 2.23. The van der Waals surface area contributed by atoms with Gasteiger partial charge in [0.05, 0.1) is 0 Å². The molecule has 0 radical (unpaired) electrons. The van der Waals surface area contributed by atoms with Crippen molar-refractivity contribution in [2.24, 2.45) is 10.9 Å². The Hall–Kier alpha value is 0.0200. The molecule has 1 aliphatic rings. The Bertz CT molecular complexity index is 265. The molecule has 4 heteroatoms. The molecule has 0 spiro atoms. The Kier molecular flexibility index (Phi) is 3.63. The smallest absolute Gasteiger partial charge is 0.131 e. The van der Waals surface area contributed by atoms with E-state index < -0.39 is 0 Å². The number of halogens is 3. The van der Waals surface area contributed by atoms with E-state index in [-0.39, 0.29) is 5.92 Å². The van der Waals surface area contributed by atoms with Gasteiger partial charge in [-0.2, -0.15) is 0 Å². The molecule has 0 fully saturated rings. The second kappa shape index (κ2) is 4.31. The van der Waals surface area contributed by atoms with Crippen LogP contribution in [0, 0.1) is 5.92 Å². The molecule has 0 N–H and O–H groups in total. The average Bonchev–Trinajstić information content (AvgIpc) is 1.98. The van der Waals surface area contributed by atoms with Crippen molar-refractivity contribution in [2.45, 2.75) is 13.3 Å². The number of allylic oxidation sites excluding steroid dienone is 3. The molecule has 12 heavy (non-hydrogen) atoms. The zero-order valence-electron chi connectivity index (χ0n) is 6.52. The van der Waals surface area contributed by atoms with Crippen LogP contribution in [0.1, 0.15) is 13.3 Å². The largest absolute Gasteiger partial charge is 0.225 e. The van der Waals surface area contributed by atoms with Gasteiger partial charge in [0.15, 0.2) is 0 Å². The van der Waals surface area contributed by atoms with Crippen molar-refractivity contribution < 1.29 is 0 Å². The van der Waals surface area contributed by atoms with Gasteiger partial charge in [-0.15, -0.1) is 0 Å². The Morgan fingerprint density at radius 1 is 1.42 bits per heavy atom. The molecule has 0 bridgehead atoms. The first-order valence-electron chi connectivity index (χ1n) is 3.56. The van der Waals surface area contributed by atoms with Crippen LogP contribution in [0.4, 0.5) is 0 Å². The van der Waals surface area contributed by atoms with Crippen LogP contribution < -0.4 is 0 Å². The Morgan fingerprint density at radius 3 is 2.75 bits per heavy atom. The van der Waals surface area contributed by atoms with Crippen molar-refractivity contribution in [3.05, 3.63) is 22.3 Å². The van der Waals surface area contributed by atoms with Gasteiger partial charge in [0, 0.05) is 5.03 Å². The maximum absolute atomic E-state index is 5.91. The van der Waals surface area contributed by atoms with Gasteiger partial charge in [-0.1, -0.05) is 41.7 Å². The highest BCUT2D eigenvalue weighted by molar-refractivity contribution is 6.69. The van der Waals surface area contributed by atoms with E-state index in [1.165, 1.54) is 0 Å². The zero-order valence-corrected chi connectivity index (χ0v) is 8.79. The summed E-state index contributed by atoms with van der Waals surface area (Å²) in [4.78, 5) is 3.87. The third-order valence-electron chi connectivity index (χ3n) is 1.58. The van der Waals surface area contributed by atoms with Crippen LogP contribution in [0.2, 0.25) is 0 Å². The van der Waals surface area contributed by atoms with E-state index in [0.717, 1.165) is 6.42 Å². The number of rotatable bonds is 0. The molecule has 0 saturated carbocycles. The van der Waals surface area contributed by atoms with Crippen molar-refractivity contribution >= 4 is 40.0 Å². The normalized spacial score (nSPS) is 38.0. The third kappa shape index (κ3) is 2.81. The molecule has 0 saturated heterocycles. The second-order valence-electron chi connectivity index (χ2n) is 2.63. The van der Waals surface area contributed by atoms with E-state index in [2.05, 4.69) is 4.99 Å². The van der Waals surface area contributed by atoms with Crippen LogP contribution in [-0.2, 0) is 0 Å². The lowest BCUT2D eigenvalue weighted by Gasteiger charge is -2.09. The van der Waals surface area contributed by atoms with Gasteiger partial charge in [0.2, 0.25) is 0 Å². The molecule has 66 valence electrons. The highest BCUT2D eigenvalue weighted by Gasteiger charge is 2.08. The van der Waals surface area contributed by atoms with Gasteiger partial charge in [0.1, 0.15) is 10.3 Å². The molecule has 1 rings (SSSR count). The first-order chi connectivity index (χ1) is 5.59. The van der Waals surface area contributed by atoms with Crippen LogP contribution in [0.3, 0.4) is 0 Å². The molecule has 1 nitrogen and oxygen atoms in total. The maximum Gasteiger partial charge on any atom is 0.131 e. The molecule has 0 aliphatic carbocycles. The summed E-state index contributed by atoms with van der Waals surface area (Å²) in [6, 6.07) is 0. The molecule has 0 amide bonds. The lowest BCUT2D eigenvalue weighted by atomic mass is 10.1. The van der Waals surface area contributed by atoms with Gasteiger partial charge in [-0.25, -0.2) is 4.99 Å². The second-order valence-corrected chi connectivity index (χ2v) is 3.84. The highest BCUT2D eigenvalue weighted by atomic mass is 35.5. The Morgan fingerprint density at radius 2 is 2.08 bits per heavy atom. The minimum atomic E-state index is 0.254. The van der Waals surface area contributed by atoms with Gasteiger partial charge >= 0.3 is 0 Å². The fraction of sp³-hybridized carbons (Fsp3) is 0.375. The molecule has 1 aliphatic heterocycles. The summed E-state index contributed by atoms with van der Waals surface area (Å²) in [5.41, 5.74) is 0. The standard InChI is InChI=1S/C8H8Cl3N/c1-5-2-3-7(10)12-8(11)4-6(5)9/h3-5H,2H2,1H3/b6-4+,7-3+,12-8+. The topological polar surface area (TPSA) is 12.4 Å². The summed E-state index contributed by atoms with van der Waals surface area (Å²) < 4.78 is 0. The molecule has 0 aromatic rings. The molecular formula is C8H8Cl3N. The summed E-state index contributed by atoms with van der Waals surface area (Å²) >= 11 is 17.3. The minimum absolute atomic E-state index is 0.254. The lowest BCUT2D eigenvalue weighted by Crippen LogP contribution is -1.97. The van der Waals surface area contributed by atoms with Crippen molar-refractivity contribution in [2.75, 3.05) is 0 Å². The number of hydrogen-bond acceptors (Lipinski definition) is 1. The number of aliphatic imine (C=N–C) groups is 1. The predicted molar refractivity (Wildman–Crippen MR) is 54.9 cm³/mol. The van der Waals surface area contributed by atoms with E-state index >= 15 is 0 Å². The fourth-order valence-corrected chi connectivity index (χ4v) is 1.50. The third-order valence-corrected chi connectivity index (χ3v) is 2.50. The molecule has 0 aromatic heterocycles. The van der Waals surface area contributed by atoms with Gasteiger partial charge in [-0.05, 0) is 24.5 Å². The van der Waals surface area contributed by atoms with Gasteiger partial charge < -0.3 is 0 Å². The first-order valence-corrected chi connectivity index (χ1v) is 4.70. The van der Waals surface area contributed by atoms with Crippen LogP contribution in [0.5, 0.6) is 0 Å². The maximum atomic E-state index is 5.91. The summed E-state index contributed by atoms with van der Waals surface area (Å²) in [7, 11) is 0. The van der Waals surface area contributed by atoms with E-state index in [9.17, 15) is 0 Å². The number of nitrogens with zero attached hydrogens (tertiary/aromatic N) is 1. The SMILES string of the molecule is CC1C/C=C(Cl)/N=C(Cl)\C=C/1Cl. The predicted octanol–water partition coefficient (Wildman–Crippen LogP) is 3.87. The van der Waals surface area contributed by atoms with Crippen molar-refractivity contribution in [3.8, 4) is 0 Å². The van der Waals surface area contributed by atoms with Crippen LogP contribution in [0.15, 0.2) is 27.3 Å².